The van der Waals surface area contributed by atoms with Gasteiger partial charge in [-0.05, 0) is 12.2 Å². The minimum absolute atomic E-state index is 0.467. The quantitative estimate of drug-likeness (QED) is 0.563. The standard InChI is InChI=1S/C12H12O5/c13-10-6-4-2-1-3-5-8-16-17-9-7-11(14)12(10)15/h1-9,13-15H/b3-1+,4-2+,8-5-,9-7-,10-6?,12-11?. The van der Waals surface area contributed by atoms with Gasteiger partial charge in [-0.3, -0.25) is 9.78 Å². The molecular weight excluding hydrogens is 224 g/mol. The molecule has 5 nitrogen and oxygen atoms in total. The van der Waals surface area contributed by atoms with Crippen LogP contribution in [0.5, 0.6) is 0 Å². The van der Waals surface area contributed by atoms with E-state index in [1.54, 1.807) is 24.3 Å². The highest BCUT2D eigenvalue weighted by Gasteiger charge is 2.05. The van der Waals surface area contributed by atoms with Crippen molar-refractivity contribution in [1.29, 1.82) is 0 Å². The molecule has 0 spiro atoms. The summed E-state index contributed by atoms with van der Waals surface area (Å²) >= 11 is 0. The monoisotopic (exact) mass is 236 g/mol. The molecule has 0 radical (unpaired) electrons. The molecule has 1 aliphatic rings. The van der Waals surface area contributed by atoms with E-state index >= 15 is 0 Å². The molecule has 90 valence electrons. The molecule has 0 bridgehead atoms. The lowest BCUT2D eigenvalue weighted by molar-refractivity contribution is -0.195. The van der Waals surface area contributed by atoms with Crippen molar-refractivity contribution in [2.75, 3.05) is 0 Å². The van der Waals surface area contributed by atoms with Crippen molar-refractivity contribution in [1.82, 2.24) is 0 Å². The van der Waals surface area contributed by atoms with Gasteiger partial charge in [-0.15, -0.1) is 0 Å². The predicted molar refractivity (Wildman–Crippen MR) is 61.7 cm³/mol. The molecule has 5 heteroatoms. The molecule has 0 saturated carbocycles. The van der Waals surface area contributed by atoms with Crippen molar-refractivity contribution in [2.45, 2.75) is 0 Å². The van der Waals surface area contributed by atoms with Crippen molar-refractivity contribution < 1.29 is 25.1 Å². The Bertz CT molecular complexity index is 424. The van der Waals surface area contributed by atoms with Gasteiger partial charge in [-0.2, -0.15) is 0 Å². The zero-order chi connectivity index (χ0) is 12.5. The third kappa shape index (κ3) is 4.65. The molecule has 17 heavy (non-hydrogen) atoms. The Hall–Kier alpha value is -2.56. The summed E-state index contributed by atoms with van der Waals surface area (Å²) in [4.78, 5) is 9.06. The molecule has 1 rings (SSSR count). The summed E-state index contributed by atoms with van der Waals surface area (Å²) in [7, 11) is 0. The first-order chi connectivity index (χ1) is 8.22. The second kappa shape index (κ2) is 6.84. The van der Waals surface area contributed by atoms with E-state index in [0.717, 1.165) is 12.3 Å². The summed E-state index contributed by atoms with van der Waals surface area (Å²) in [5.41, 5.74) is 0. The Morgan fingerprint density at radius 2 is 1.41 bits per heavy atom. The van der Waals surface area contributed by atoms with Gasteiger partial charge in [-0.25, -0.2) is 0 Å². The van der Waals surface area contributed by atoms with Gasteiger partial charge in [-0.1, -0.05) is 24.3 Å². The lowest BCUT2D eigenvalue weighted by Gasteiger charge is -1.99. The highest BCUT2D eigenvalue weighted by atomic mass is 17.2. The van der Waals surface area contributed by atoms with Crippen LogP contribution in [0.25, 0.3) is 0 Å². The average Bonchev–Trinajstić information content (AvgIpc) is 2.33. The van der Waals surface area contributed by atoms with Crippen molar-refractivity contribution in [3.8, 4) is 0 Å². The molecular formula is C12H12O5. The van der Waals surface area contributed by atoms with Gasteiger partial charge in [0.25, 0.3) is 0 Å². The summed E-state index contributed by atoms with van der Waals surface area (Å²) in [5, 5.41) is 28.0. The van der Waals surface area contributed by atoms with Crippen LogP contribution in [0.1, 0.15) is 0 Å². The smallest absolute Gasteiger partial charge is 0.200 e. The maximum Gasteiger partial charge on any atom is 0.200 e. The van der Waals surface area contributed by atoms with Crippen LogP contribution in [0.15, 0.2) is 72.3 Å². The molecule has 1 aliphatic heterocycles. The Balaban J connectivity index is 2.95. The van der Waals surface area contributed by atoms with Crippen molar-refractivity contribution in [2.24, 2.45) is 0 Å². The molecule has 0 atom stereocenters. The van der Waals surface area contributed by atoms with E-state index in [2.05, 4.69) is 9.78 Å². The van der Waals surface area contributed by atoms with Gasteiger partial charge in [0.15, 0.2) is 17.3 Å². The fourth-order valence-electron chi connectivity index (χ4n) is 0.862. The summed E-state index contributed by atoms with van der Waals surface area (Å²) < 4.78 is 0. The summed E-state index contributed by atoms with van der Waals surface area (Å²) in [6.45, 7) is 0. The summed E-state index contributed by atoms with van der Waals surface area (Å²) in [6, 6.07) is 0. The first-order valence-corrected chi connectivity index (χ1v) is 4.72. The van der Waals surface area contributed by atoms with Crippen LogP contribution in [0.4, 0.5) is 0 Å². The lowest BCUT2D eigenvalue weighted by atomic mass is 10.3. The molecule has 0 aliphatic carbocycles. The average molecular weight is 236 g/mol. The second-order valence-corrected chi connectivity index (χ2v) is 2.88. The van der Waals surface area contributed by atoms with Crippen LogP contribution in [0.3, 0.4) is 0 Å². The molecule has 0 aromatic carbocycles. The van der Waals surface area contributed by atoms with Crippen LogP contribution in [-0.2, 0) is 9.78 Å². The van der Waals surface area contributed by atoms with Gasteiger partial charge in [0.2, 0.25) is 0 Å². The fourth-order valence-corrected chi connectivity index (χ4v) is 0.862. The molecule has 1 heterocycles. The highest BCUT2D eigenvalue weighted by molar-refractivity contribution is 5.29. The number of rotatable bonds is 0. The van der Waals surface area contributed by atoms with E-state index in [9.17, 15) is 15.3 Å². The zero-order valence-electron chi connectivity index (χ0n) is 8.85. The second-order valence-electron chi connectivity index (χ2n) is 2.88. The minimum atomic E-state index is -0.661. The van der Waals surface area contributed by atoms with Crippen molar-refractivity contribution >= 4 is 0 Å². The van der Waals surface area contributed by atoms with Crippen LogP contribution in [-0.4, -0.2) is 15.3 Å². The normalized spacial score (nSPS) is 24.6. The van der Waals surface area contributed by atoms with Crippen molar-refractivity contribution in [3.05, 3.63) is 72.3 Å². The van der Waals surface area contributed by atoms with E-state index in [4.69, 9.17) is 0 Å². The van der Waals surface area contributed by atoms with Gasteiger partial charge in [0, 0.05) is 6.08 Å². The third-order valence-corrected chi connectivity index (χ3v) is 1.65. The molecule has 0 fully saturated rings. The molecule has 3 N–H and O–H groups in total. The summed E-state index contributed by atoms with van der Waals surface area (Å²) in [5.74, 6) is -1.68. The minimum Gasteiger partial charge on any atom is -0.504 e. The van der Waals surface area contributed by atoms with Crippen LogP contribution < -0.4 is 0 Å². The zero-order valence-corrected chi connectivity index (χ0v) is 8.85. The van der Waals surface area contributed by atoms with Crippen LogP contribution in [0, 0.1) is 0 Å². The maximum atomic E-state index is 9.36. The number of hydrogen-bond acceptors (Lipinski definition) is 5. The Labute approximate surface area is 98.1 Å². The SMILES string of the molecule is OC1=C/C=C/C=C/C=C\OO/C=C\C(O)=C1O. The van der Waals surface area contributed by atoms with Crippen LogP contribution in [0.2, 0.25) is 0 Å². The van der Waals surface area contributed by atoms with Gasteiger partial charge in [0.05, 0.1) is 0 Å². The van der Waals surface area contributed by atoms with E-state index in [1.165, 1.54) is 18.4 Å². The van der Waals surface area contributed by atoms with E-state index in [-0.39, 0.29) is 0 Å². The number of aliphatic hydroxyl groups is 3. The topological polar surface area (TPSA) is 79.2 Å². The Kier molecular flexibility index (Phi) is 5.03. The molecule has 0 amide bonds. The predicted octanol–water partition coefficient (Wildman–Crippen LogP) is 2.86. The highest BCUT2D eigenvalue weighted by Crippen LogP contribution is 2.09. The largest absolute Gasteiger partial charge is 0.504 e. The van der Waals surface area contributed by atoms with Crippen molar-refractivity contribution in [3.63, 3.8) is 0 Å². The molecule has 0 aromatic heterocycles. The Morgan fingerprint density at radius 3 is 2.24 bits per heavy atom. The lowest BCUT2D eigenvalue weighted by Crippen LogP contribution is -1.92. The van der Waals surface area contributed by atoms with Gasteiger partial charge >= 0.3 is 0 Å². The number of allylic oxidation sites excluding steroid dienone is 7. The molecule has 0 unspecified atom stereocenters. The van der Waals surface area contributed by atoms with E-state index < -0.39 is 17.3 Å². The van der Waals surface area contributed by atoms with Gasteiger partial charge in [0.1, 0.15) is 12.5 Å². The molecule has 0 aromatic rings. The Morgan fingerprint density at radius 1 is 0.765 bits per heavy atom. The number of aliphatic hydroxyl groups excluding tert-OH is 3. The van der Waals surface area contributed by atoms with E-state index in [1.807, 2.05) is 0 Å². The van der Waals surface area contributed by atoms with E-state index in [0.29, 0.717) is 0 Å². The summed E-state index contributed by atoms with van der Waals surface area (Å²) in [6.07, 6.45) is 12.6. The van der Waals surface area contributed by atoms with Gasteiger partial charge < -0.3 is 15.3 Å². The third-order valence-electron chi connectivity index (χ3n) is 1.65. The molecule has 0 saturated heterocycles. The fraction of sp³-hybridized carbons (Fsp3) is 0. The number of hydrogen-bond donors (Lipinski definition) is 3. The first-order valence-electron chi connectivity index (χ1n) is 4.72. The first kappa shape index (κ1) is 12.5. The maximum absolute atomic E-state index is 9.36. The van der Waals surface area contributed by atoms with Crippen LogP contribution >= 0.6 is 0 Å².